The van der Waals surface area contributed by atoms with Gasteiger partial charge < -0.3 is 20.1 Å². The second-order valence-electron chi connectivity index (χ2n) is 7.20. The maximum absolute atomic E-state index is 12.2. The van der Waals surface area contributed by atoms with E-state index in [4.69, 9.17) is 9.47 Å². The Kier molecular flexibility index (Phi) is 7.93. The van der Waals surface area contributed by atoms with E-state index in [0.717, 1.165) is 22.4 Å². The van der Waals surface area contributed by atoms with Crippen LogP contribution in [-0.2, 0) is 11.3 Å². The van der Waals surface area contributed by atoms with Crippen molar-refractivity contribution in [1.82, 2.24) is 25.1 Å². The number of rotatable bonds is 10. The van der Waals surface area contributed by atoms with E-state index in [1.54, 1.807) is 37.2 Å². The molecule has 0 bridgehead atoms. The van der Waals surface area contributed by atoms with Crippen molar-refractivity contribution < 1.29 is 14.3 Å². The van der Waals surface area contributed by atoms with E-state index in [9.17, 15) is 4.79 Å². The number of hydrogen-bond acceptors (Lipinski definition) is 8. The van der Waals surface area contributed by atoms with Crippen LogP contribution in [0, 0.1) is 0 Å². The predicted molar refractivity (Wildman–Crippen MR) is 127 cm³/mol. The van der Waals surface area contributed by atoms with Gasteiger partial charge in [0.1, 0.15) is 5.82 Å². The van der Waals surface area contributed by atoms with Crippen molar-refractivity contribution in [3.8, 4) is 11.5 Å². The number of carbonyl (C=O) groups is 1. The zero-order valence-corrected chi connectivity index (χ0v) is 19.7. The van der Waals surface area contributed by atoms with E-state index < -0.39 is 0 Å². The summed E-state index contributed by atoms with van der Waals surface area (Å²) in [6.07, 6.45) is 6.90. The molecule has 170 valence electrons. The van der Waals surface area contributed by atoms with Crippen molar-refractivity contribution in [2.45, 2.75) is 31.6 Å². The summed E-state index contributed by atoms with van der Waals surface area (Å²) < 4.78 is 12.3. The van der Waals surface area contributed by atoms with Crippen molar-refractivity contribution in [2.24, 2.45) is 0 Å². The molecule has 3 rings (SSSR count). The van der Waals surface area contributed by atoms with E-state index in [1.165, 1.54) is 17.8 Å². The Hall–Kier alpha value is -3.27. The van der Waals surface area contributed by atoms with Crippen molar-refractivity contribution in [3.05, 3.63) is 36.0 Å². The van der Waals surface area contributed by atoms with Crippen LogP contribution in [-0.4, -0.2) is 58.7 Å². The summed E-state index contributed by atoms with van der Waals surface area (Å²) >= 11 is 1.48. The largest absolute Gasteiger partial charge is 0.493 e. The number of hydrogen-bond donors (Lipinski definition) is 2. The lowest BCUT2D eigenvalue weighted by Crippen LogP contribution is -2.25. The first-order chi connectivity index (χ1) is 15.4. The average Bonchev–Trinajstić information content (AvgIpc) is 3.20. The lowest BCUT2D eigenvalue weighted by atomic mass is 10.2. The zero-order chi connectivity index (χ0) is 23.1. The number of methoxy groups -OCH3 is 2. The van der Waals surface area contributed by atoms with E-state index in [1.807, 2.05) is 18.4 Å². The lowest BCUT2D eigenvalue weighted by molar-refractivity contribution is -0.116. The van der Waals surface area contributed by atoms with Crippen LogP contribution in [0.4, 0.5) is 5.82 Å². The van der Waals surface area contributed by atoms with Crippen LogP contribution in [0.1, 0.15) is 19.4 Å². The molecule has 2 heterocycles. The molecule has 0 spiro atoms. The molecule has 0 saturated heterocycles. The van der Waals surface area contributed by atoms with Crippen LogP contribution in [0.5, 0.6) is 11.5 Å². The summed E-state index contributed by atoms with van der Waals surface area (Å²) in [4.78, 5) is 21.4. The second kappa shape index (κ2) is 10.9. The van der Waals surface area contributed by atoms with E-state index >= 15 is 0 Å². The van der Waals surface area contributed by atoms with Gasteiger partial charge in [-0.15, -0.1) is 0 Å². The fraction of sp³-hybridized carbons (Fsp3) is 0.364. The number of fused-ring (bicyclic) bond motifs is 1. The first-order valence-corrected chi connectivity index (χ1v) is 11.4. The molecule has 0 fully saturated rings. The molecule has 1 amide bonds. The number of aromatic nitrogens is 4. The minimum atomic E-state index is -0.196. The molecule has 9 nitrogen and oxygen atoms in total. The van der Waals surface area contributed by atoms with Crippen molar-refractivity contribution in [2.75, 3.05) is 32.3 Å². The third kappa shape index (κ3) is 5.70. The van der Waals surface area contributed by atoms with Gasteiger partial charge in [0.25, 0.3) is 0 Å². The molecule has 0 unspecified atom stereocenters. The SMILES string of the molecule is COc1ccc(C=CC(=O)NCCn2ncc3c(NC(C)C)nc(SC)nc32)cc1OC. The first-order valence-electron chi connectivity index (χ1n) is 10.2. The molecule has 0 aliphatic heterocycles. The number of carbonyl (C=O) groups excluding carboxylic acids is 1. The number of anilines is 1. The highest BCUT2D eigenvalue weighted by atomic mass is 32.2. The summed E-state index contributed by atoms with van der Waals surface area (Å²) in [5, 5.41) is 12.2. The molecule has 1 aromatic carbocycles. The number of nitrogens with zero attached hydrogens (tertiary/aromatic N) is 4. The van der Waals surface area contributed by atoms with Crippen LogP contribution in [0.3, 0.4) is 0 Å². The highest BCUT2D eigenvalue weighted by Crippen LogP contribution is 2.28. The Labute approximate surface area is 191 Å². The quantitative estimate of drug-likeness (QED) is 0.272. The summed E-state index contributed by atoms with van der Waals surface area (Å²) in [5.74, 6) is 1.82. The van der Waals surface area contributed by atoms with Crippen LogP contribution >= 0.6 is 11.8 Å². The Morgan fingerprint density at radius 2 is 2.00 bits per heavy atom. The summed E-state index contributed by atoms with van der Waals surface area (Å²) in [5.41, 5.74) is 1.57. The fourth-order valence-corrected chi connectivity index (χ4v) is 3.41. The molecule has 0 radical (unpaired) electrons. The zero-order valence-electron chi connectivity index (χ0n) is 18.9. The fourth-order valence-electron chi connectivity index (χ4n) is 3.05. The number of ether oxygens (including phenoxy) is 2. The van der Waals surface area contributed by atoms with Gasteiger partial charge in [0.2, 0.25) is 5.91 Å². The molecule has 10 heteroatoms. The van der Waals surface area contributed by atoms with E-state index in [0.29, 0.717) is 29.7 Å². The standard InChI is InChI=1S/C22H28N6O3S/c1-14(2)25-20-16-13-24-28(21(16)27-22(26-20)32-5)11-10-23-19(29)9-7-15-6-8-17(30-3)18(12-15)31-4/h6-9,12-14H,10-11H2,1-5H3,(H,23,29)(H,25,26,27). The van der Waals surface area contributed by atoms with Crippen molar-refractivity contribution in [1.29, 1.82) is 0 Å². The summed E-state index contributed by atoms with van der Waals surface area (Å²) in [6.45, 7) is 5.02. The Bertz CT molecular complexity index is 1110. The van der Waals surface area contributed by atoms with Crippen LogP contribution in [0.15, 0.2) is 35.6 Å². The molecule has 2 N–H and O–H groups in total. The van der Waals surface area contributed by atoms with Crippen molar-refractivity contribution >= 4 is 40.6 Å². The van der Waals surface area contributed by atoms with E-state index in [2.05, 4.69) is 39.5 Å². The predicted octanol–water partition coefficient (Wildman–Crippen LogP) is 3.22. The molecule has 3 aromatic rings. The molecule has 0 saturated carbocycles. The smallest absolute Gasteiger partial charge is 0.244 e. The third-order valence-corrected chi connectivity index (χ3v) is 5.09. The van der Waals surface area contributed by atoms with E-state index in [-0.39, 0.29) is 11.9 Å². The van der Waals surface area contributed by atoms with Gasteiger partial charge in [-0.25, -0.2) is 14.6 Å². The Balaban J connectivity index is 1.63. The molecule has 0 aliphatic rings. The van der Waals surface area contributed by atoms with Gasteiger partial charge in [0, 0.05) is 18.7 Å². The van der Waals surface area contributed by atoms with Gasteiger partial charge >= 0.3 is 0 Å². The van der Waals surface area contributed by atoms with Gasteiger partial charge in [-0.05, 0) is 43.9 Å². The molecule has 32 heavy (non-hydrogen) atoms. The van der Waals surface area contributed by atoms with Gasteiger partial charge in [-0.1, -0.05) is 17.8 Å². The number of thioether (sulfide) groups is 1. The minimum absolute atomic E-state index is 0.196. The van der Waals surface area contributed by atoms with Gasteiger partial charge in [-0.3, -0.25) is 4.79 Å². The van der Waals surface area contributed by atoms with Gasteiger partial charge in [0.05, 0.1) is 32.3 Å². The highest BCUT2D eigenvalue weighted by Gasteiger charge is 2.13. The number of benzene rings is 1. The summed E-state index contributed by atoms with van der Waals surface area (Å²) in [7, 11) is 3.16. The normalized spacial score (nSPS) is 11.3. The van der Waals surface area contributed by atoms with Gasteiger partial charge in [0.15, 0.2) is 22.3 Å². The molecular weight excluding hydrogens is 428 g/mol. The highest BCUT2D eigenvalue weighted by molar-refractivity contribution is 7.98. The average molecular weight is 457 g/mol. The summed E-state index contributed by atoms with van der Waals surface area (Å²) in [6, 6.07) is 5.70. The Morgan fingerprint density at radius 1 is 1.22 bits per heavy atom. The Morgan fingerprint density at radius 3 is 2.69 bits per heavy atom. The molecule has 0 aliphatic carbocycles. The van der Waals surface area contributed by atoms with Crippen LogP contribution in [0.25, 0.3) is 17.1 Å². The van der Waals surface area contributed by atoms with Crippen LogP contribution in [0.2, 0.25) is 0 Å². The molecule has 2 aromatic heterocycles. The monoisotopic (exact) mass is 456 g/mol. The van der Waals surface area contributed by atoms with Gasteiger partial charge in [-0.2, -0.15) is 5.10 Å². The third-order valence-electron chi connectivity index (χ3n) is 4.54. The minimum Gasteiger partial charge on any atom is -0.493 e. The van der Waals surface area contributed by atoms with Crippen LogP contribution < -0.4 is 20.1 Å². The number of nitrogens with one attached hydrogen (secondary N) is 2. The molecule has 0 atom stereocenters. The first kappa shape index (κ1) is 23.4. The number of amides is 1. The lowest BCUT2D eigenvalue weighted by Gasteiger charge is -2.11. The molecular formula is C22H28N6O3S. The maximum atomic E-state index is 12.2. The maximum Gasteiger partial charge on any atom is 0.244 e. The van der Waals surface area contributed by atoms with Crippen molar-refractivity contribution in [3.63, 3.8) is 0 Å². The second-order valence-corrected chi connectivity index (χ2v) is 7.98. The topological polar surface area (TPSA) is 103 Å².